The van der Waals surface area contributed by atoms with Crippen molar-refractivity contribution in [3.05, 3.63) is 74.9 Å². The lowest BCUT2D eigenvalue weighted by molar-refractivity contribution is 0.0870. The van der Waals surface area contributed by atoms with Crippen molar-refractivity contribution in [2.24, 2.45) is 0 Å². The van der Waals surface area contributed by atoms with Gasteiger partial charge in [0.2, 0.25) is 5.82 Å². The van der Waals surface area contributed by atoms with Crippen LogP contribution >= 0.6 is 0 Å². The number of carbonyl (C=O) groups excluding carboxylic acids is 1. The van der Waals surface area contributed by atoms with Gasteiger partial charge in [-0.25, -0.2) is 4.79 Å². The van der Waals surface area contributed by atoms with E-state index in [9.17, 15) is 14.0 Å². The molecule has 5 nitrogen and oxygen atoms in total. The van der Waals surface area contributed by atoms with E-state index < -0.39 is 17.5 Å². The zero-order chi connectivity index (χ0) is 21.7. The first kappa shape index (κ1) is 19.5. The summed E-state index contributed by atoms with van der Waals surface area (Å²) in [5, 5.41) is 0.337. The Morgan fingerprint density at radius 2 is 1.87 bits per heavy atom. The molecule has 0 saturated heterocycles. The fourth-order valence-electron chi connectivity index (χ4n) is 4.36. The van der Waals surface area contributed by atoms with Gasteiger partial charge in [0.25, 0.3) is 0 Å². The van der Waals surface area contributed by atoms with Crippen molar-refractivity contribution >= 4 is 22.8 Å². The first-order valence-electron chi connectivity index (χ1n) is 10.4. The molecule has 0 radical (unpaired) electrons. The molecule has 0 amide bonds. The molecule has 0 spiro atoms. The minimum absolute atomic E-state index is 0.0441. The molecular formula is C25H21FO5. The number of rotatable bonds is 3. The summed E-state index contributed by atoms with van der Waals surface area (Å²) < 4.78 is 32.6. The highest BCUT2D eigenvalue weighted by Gasteiger charge is 2.36. The van der Waals surface area contributed by atoms with Crippen LogP contribution in [-0.2, 0) is 6.42 Å². The van der Waals surface area contributed by atoms with E-state index in [-0.39, 0.29) is 35.0 Å². The number of benzene rings is 2. The second-order valence-corrected chi connectivity index (χ2v) is 7.95. The number of carbonyl (C=O) groups is 1. The van der Waals surface area contributed by atoms with Crippen LogP contribution in [0.5, 0.6) is 11.5 Å². The standard InChI is InChI=1S/C25H21FO5/c1-3-7-15-19-22-16(10-11-18(30-22)14-8-5-4-6-9-14)23-20(17(27)12-13(2)29-23)24(19)31-25(28)21(15)26/h4-6,8-11,13,18H,3,7,12H2,1-2H3. The number of ether oxygens (including phenoxy) is 2. The minimum Gasteiger partial charge on any atom is -0.489 e. The molecule has 2 atom stereocenters. The van der Waals surface area contributed by atoms with Crippen molar-refractivity contribution in [1.82, 2.24) is 0 Å². The van der Waals surface area contributed by atoms with Crippen LogP contribution < -0.4 is 15.1 Å². The van der Waals surface area contributed by atoms with Crippen LogP contribution in [0, 0.1) is 5.82 Å². The average Bonchev–Trinajstić information content (AvgIpc) is 2.76. The summed E-state index contributed by atoms with van der Waals surface area (Å²) in [7, 11) is 0. The van der Waals surface area contributed by atoms with Gasteiger partial charge in [-0.3, -0.25) is 4.79 Å². The van der Waals surface area contributed by atoms with E-state index in [0.717, 1.165) is 5.56 Å². The van der Waals surface area contributed by atoms with Crippen LogP contribution in [0.25, 0.3) is 17.0 Å². The lowest BCUT2D eigenvalue weighted by Crippen LogP contribution is -2.26. The molecule has 5 rings (SSSR count). The summed E-state index contributed by atoms with van der Waals surface area (Å²) >= 11 is 0. The van der Waals surface area contributed by atoms with Crippen LogP contribution in [0.15, 0.2) is 45.6 Å². The van der Waals surface area contributed by atoms with Crippen LogP contribution in [0.3, 0.4) is 0 Å². The Kier molecular flexibility index (Phi) is 4.65. The molecule has 3 aromatic rings. The molecule has 1 aromatic heterocycles. The molecule has 2 aliphatic rings. The summed E-state index contributed by atoms with van der Waals surface area (Å²) in [6.45, 7) is 3.70. The monoisotopic (exact) mass is 420 g/mol. The summed E-state index contributed by atoms with van der Waals surface area (Å²) in [4.78, 5) is 25.2. The fraction of sp³-hybridized carbons (Fsp3) is 0.280. The molecule has 158 valence electrons. The Hall–Kier alpha value is -3.41. The van der Waals surface area contributed by atoms with Gasteiger partial charge in [0.15, 0.2) is 11.4 Å². The highest BCUT2D eigenvalue weighted by molar-refractivity contribution is 6.13. The topological polar surface area (TPSA) is 65.7 Å². The van der Waals surface area contributed by atoms with Crippen molar-refractivity contribution in [2.45, 2.75) is 45.3 Å². The van der Waals surface area contributed by atoms with Gasteiger partial charge in [-0.05, 0) is 31.1 Å². The molecule has 2 aliphatic heterocycles. The number of fused-ring (bicyclic) bond motifs is 6. The Bertz CT molecular complexity index is 1290. The summed E-state index contributed by atoms with van der Waals surface area (Å²) in [6, 6.07) is 9.63. The van der Waals surface area contributed by atoms with Gasteiger partial charge in [-0.15, -0.1) is 0 Å². The zero-order valence-electron chi connectivity index (χ0n) is 17.2. The van der Waals surface area contributed by atoms with E-state index in [1.54, 1.807) is 6.92 Å². The normalized spacial score (nSPS) is 19.5. The number of hydrogen-bond donors (Lipinski definition) is 0. The molecule has 2 unspecified atom stereocenters. The quantitative estimate of drug-likeness (QED) is 0.532. The minimum atomic E-state index is -1.09. The third-order valence-electron chi connectivity index (χ3n) is 5.72. The lowest BCUT2D eigenvalue weighted by atomic mass is 9.90. The van der Waals surface area contributed by atoms with Crippen molar-refractivity contribution in [2.75, 3.05) is 0 Å². The summed E-state index contributed by atoms with van der Waals surface area (Å²) in [5.41, 5.74) is 0.850. The highest BCUT2D eigenvalue weighted by atomic mass is 19.1. The first-order valence-corrected chi connectivity index (χ1v) is 10.4. The molecule has 2 aromatic carbocycles. The number of Topliss-reactive ketones (excluding diaryl/α,β-unsaturated/α-hetero) is 1. The molecule has 6 heteroatoms. The van der Waals surface area contributed by atoms with Crippen LogP contribution in [0.4, 0.5) is 4.39 Å². The largest absolute Gasteiger partial charge is 0.489 e. The van der Waals surface area contributed by atoms with Gasteiger partial charge in [0, 0.05) is 12.0 Å². The Morgan fingerprint density at radius 3 is 2.61 bits per heavy atom. The maximum atomic E-state index is 14.9. The van der Waals surface area contributed by atoms with Crippen molar-refractivity contribution in [3.63, 3.8) is 0 Å². The average molecular weight is 420 g/mol. The van der Waals surface area contributed by atoms with Gasteiger partial charge >= 0.3 is 5.63 Å². The molecule has 0 saturated carbocycles. The number of ketones is 1. The first-order chi connectivity index (χ1) is 15.0. The van der Waals surface area contributed by atoms with Crippen molar-refractivity contribution in [3.8, 4) is 11.5 Å². The van der Waals surface area contributed by atoms with E-state index in [2.05, 4.69) is 0 Å². The Balaban J connectivity index is 1.86. The second kappa shape index (κ2) is 7.38. The highest BCUT2D eigenvalue weighted by Crippen LogP contribution is 2.49. The van der Waals surface area contributed by atoms with E-state index in [0.29, 0.717) is 35.3 Å². The number of halogens is 1. The van der Waals surface area contributed by atoms with Gasteiger partial charge in [0.1, 0.15) is 29.3 Å². The maximum absolute atomic E-state index is 14.9. The van der Waals surface area contributed by atoms with E-state index >= 15 is 0 Å². The molecular weight excluding hydrogens is 399 g/mol. The predicted molar refractivity (Wildman–Crippen MR) is 114 cm³/mol. The predicted octanol–water partition coefficient (Wildman–Crippen LogP) is 5.39. The molecule has 0 bridgehead atoms. The fourth-order valence-corrected chi connectivity index (χ4v) is 4.36. The maximum Gasteiger partial charge on any atom is 0.372 e. The van der Waals surface area contributed by atoms with Gasteiger partial charge < -0.3 is 13.9 Å². The van der Waals surface area contributed by atoms with E-state index in [1.807, 2.05) is 49.4 Å². The third kappa shape index (κ3) is 3.05. The summed E-state index contributed by atoms with van der Waals surface area (Å²) in [6.07, 6.45) is 4.07. The van der Waals surface area contributed by atoms with Gasteiger partial charge in [0.05, 0.1) is 10.9 Å². The zero-order valence-corrected chi connectivity index (χ0v) is 17.2. The third-order valence-corrected chi connectivity index (χ3v) is 5.72. The van der Waals surface area contributed by atoms with Crippen LogP contribution in [-0.4, -0.2) is 11.9 Å². The van der Waals surface area contributed by atoms with Crippen LogP contribution in [0.1, 0.15) is 59.8 Å². The molecule has 0 aliphatic carbocycles. The number of aryl methyl sites for hydroxylation is 1. The van der Waals surface area contributed by atoms with Crippen molar-refractivity contribution in [1.29, 1.82) is 0 Å². The Labute approximate surface area is 178 Å². The van der Waals surface area contributed by atoms with E-state index in [4.69, 9.17) is 13.9 Å². The van der Waals surface area contributed by atoms with Crippen molar-refractivity contribution < 1.29 is 23.1 Å². The molecule has 3 heterocycles. The van der Waals surface area contributed by atoms with Crippen LogP contribution in [0.2, 0.25) is 0 Å². The molecule has 0 fully saturated rings. The smallest absolute Gasteiger partial charge is 0.372 e. The number of hydrogen-bond acceptors (Lipinski definition) is 5. The molecule has 0 N–H and O–H groups in total. The molecule has 31 heavy (non-hydrogen) atoms. The Morgan fingerprint density at radius 1 is 1.10 bits per heavy atom. The lowest BCUT2D eigenvalue weighted by Gasteiger charge is -2.30. The summed E-state index contributed by atoms with van der Waals surface area (Å²) in [5.74, 6) is -0.440. The van der Waals surface area contributed by atoms with E-state index in [1.165, 1.54) is 0 Å². The SMILES string of the molecule is CCCc1c(F)c(=O)oc2c3c(c4c(c12)OC(c1ccccc1)C=C4)OC(C)CC3=O. The van der Waals surface area contributed by atoms with Gasteiger partial charge in [-0.2, -0.15) is 4.39 Å². The van der Waals surface area contributed by atoms with Gasteiger partial charge in [-0.1, -0.05) is 43.7 Å². The second-order valence-electron chi connectivity index (χ2n) is 7.95.